The van der Waals surface area contributed by atoms with Gasteiger partial charge in [0.2, 0.25) is 5.91 Å². The van der Waals surface area contributed by atoms with E-state index in [0.29, 0.717) is 36.4 Å². The maximum absolute atomic E-state index is 14.3. The van der Waals surface area contributed by atoms with Crippen LogP contribution in [0.15, 0.2) is 47.2 Å². The number of rotatable bonds is 3. The van der Waals surface area contributed by atoms with Crippen molar-refractivity contribution < 1.29 is 18.4 Å². The summed E-state index contributed by atoms with van der Waals surface area (Å²) in [6, 6.07) is 7.66. The number of nitrogens with one attached hydrogen (secondary N) is 1. The lowest BCUT2D eigenvalue weighted by molar-refractivity contribution is -0.119. The topological polar surface area (TPSA) is 75.4 Å². The second-order valence-corrected chi connectivity index (χ2v) is 6.66. The van der Waals surface area contributed by atoms with Crippen molar-refractivity contribution in [3.63, 3.8) is 0 Å². The number of furan rings is 1. The molecule has 0 radical (unpaired) electrons. The molecule has 1 atom stereocenters. The number of pyridine rings is 1. The number of hydrogen-bond acceptors (Lipinski definition) is 4. The average Bonchev–Trinajstić information content (AvgIpc) is 3.28. The molecular formula is C20H18FN3O3. The smallest absolute Gasteiger partial charge is 0.254 e. The number of carbonyl (C=O) groups excluding carboxylic acids is 2. The van der Waals surface area contributed by atoms with Gasteiger partial charge < -0.3 is 14.6 Å². The second kappa shape index (κ2) is 6.83. The minimum Gasteiger partial charge on any atom is -0.464 e. The largest absolute Gasteiger partial charge is 0.464 e. The first-order valence-electron chi connectivity index (χ1n) is 8.71. The number of amides is 2. The van der Waals surface area contributed by atoms with Crippen LogP contribution in [0.1, 0.15) is 23.7 Å². The van der Waals surface area contributed by atoms with Gasteiger partial charge in [-0.2, -0.15) is 0 Å². The molecule has 2 aromatic heterocycles. The zero-order valence-electron chi connectivity index (χ0n) is 14.7. The number of halogens is 1. The minimum absolute atomic E-state index is 0.0687. The highest BCUT2D eigenvalue weighted by molar-refractivity contribution is 5.97. The summed E-state index contributed by atoms with van der Waals surface area (Å²) in [5.41, 5.74) is 1.99. The first-order valence-corrected chi connectivity index (χ1v) is 8.71. The van der Waals surface area contributed by atoms with Crippen LogP contribution in [0.2, 0.25) is 0 Å². The Morgan fingerprint density at radius 1 is 1.30 bits per heavy atom. The average molecular weight is 367 g/mol. The van der Waals surface area contributed by atoms with E-state index in [4.69, 9.17) is 4.42 Å². The van der Waals surface area contributed by atoms with Crippen LogP contribution < -0.4 is 5.32 Å². The van der Waals surface area contributed by atoms with Gasteiger partial charge in [-0.05, 0) is 36.8 Å². The Kier molecular flexibility index (Phi) is 4.35. The van der Waals surface area contributed by atoms with Gasteiger partial charge in [-0.3, -0.25) is 14.6 Å². The minimum atomic E-state index is -0.504. The van der Waals surface area contributed by atoms with E-state index in [1.165, 1.54) is 19.1 Å². The van der Waals surface area contributed by atoms with Crippen molar-refractivity contribution in [1.29, 1.82) is 0 Å². The summed E-state index contributed by atoms with van der Waals surface area (Å²) in [6.07, 6.45) is 3.82. The Hall–Kier alpha value is -3.22. The van der Waals surface area contributed by atoms with Gasteiger partial charge in [-0.15, -0.1) is 0 Å². The maximum atomic E-state index is 14.3. The van der Waals surface area contributed by atoms with E-state index in [1.54, 1.807) is 35.6 Å². The van der Waals surface area contributed by atoms with Crippen LogP contribution in [-0.4, -0.2) is 40.8 Å². The molecule has 4 rings (SSSR count). The molecule has 1 fully saturated rings. The molecule has 3 heterocycles. The van der Waals surface area contributed by atoms with Crippen LogP contribution in [0.25, 0.3) is 22.2 Å². The number of benzene rings is 1. The number of carbonyl (C=O) groups is 2. The molecule has 6 nitrogen and oxygen atoms in total. The Balaban J connectivity index is 1.64. The number of fused-ring (bicyclic) bond motifs is 1. The molecule has 1 N–H and O–H groups in total. The molecule has 27 heavy (non-hydrogen) atoms. The lowest BCUT2D eigenvalue weighted by Gasteiger charge is -2.17. The number of likely N-dealkylation sites (tertiary alicyclic amines) is 1. The lowest BCUT2D eigenvalue weighted by Crippen LogP contribution is -2.37. The van der Waals surface area contributed by atoms with E-state index in [0.717, 1.165) is 5.39 Å². The van der Waals surface area contributed by atoms with E-state index in [-0.39, 0.29) is 23.4 Å². The molecule has 1 unspecified atom stereocenters. The van der Waals surface area contributed by atoms with Crippen molar-refractivity contribution in [2.45, 2.75) is 19.4 Å². The van der Waals surface area contributed by atoms with E-state index in [1.807, 2.05) is 0 Å². The summed E-state index contributed by atoms with van der Waals surface area (Å²) in [5, 5.41) is 3.57. The highest BCUT2D eigenvalue weighted by Crippen LogP contribution is 2.29. The van der Waals surface area contributed by atoms with Gasteiger partial charge >= 0.3 is 0 Å². The summed E-state index contributed by atoms with van der Waals surface area (Å²) in [7, 11) is 0. The number of nitrogens with zero attached hydrogens (tertiary/aromatic N) is 2. The fourth-order valence-corrected chi connectivity index (χ4v) is 3.51. The first kappa shape index (κ1) is 17.2. The summed E-state index contributed by atoms with van der Waals surface area (Å²) >= 11 is 0. The number of hydrogen-bond donors (Lipinski definition) is 1. The molecule has 7 heteroatoms. The van der Waals surface area contributed by atoms with Crippen molar-refractivity contribution >= 4 is 22.8 Å². The molecule has 0 aliphatic carbocycles. The zero-order valence-corrected chi connectivity index (χ0v) is 14.7. The third kappa shape index (κ3) is 3.40. The van der Waals surface area contributed by atoms with Crippen molar-refractivity contribution in [1.82, 2.24) is 15.2 Å². The van der Waals surface area contributed by atoms with Crippen molar-refractivity contribution in [3.8, 4) is 11.3 Å². The SMILES string of the molecule is CC(=O)NC1CCN(C(=O)c2cc(F)cc(-c3nccc4occc34)c2)C1. The normalized spacial score (nSPS) is 16.7. The Bertz CT molecular complexity index is 1030. The van der Waals surface area contributed by atoms with E-state index >= 15 is 0 Å². The molecule has 0 saturated carbocycles. The van der Waals surface area contributed by atoms with E-state index < -0.39 is 5.82 Å². The molecule has 1 aromatic carbocycles. The zero-order chi connectivity index (χ0) is 19.0. The Labute approximate surface area is 155 Å². The molecular weight excluding hydrogens is 349 g/mol. The fraction of sp³-hybridized carbons (Fsp3) is 0.250. The van der Waals surface area contributed by atoms with Crippen LogP contribution in [-0.2, 0) is 4.79 Å². The summed E-state index contributed by atoms with van der Waals surface area (Å²) in [4.78, 5) is 30.0. The highest BCUT2D eigenvalue weighted by atomic mass is 19.1. The van der Waals surface area contributed by atoms with Crippen LogP contribution in [0, 0.1) is 5.82 Å². The maximum Gasteiger partial charge on any atom is 0.254 e. The lowest BCUT2D eigenvalue weighted by atomic mass is 10.0. The van der Waals surface area contributed by atoms with Crippen molar-refractivity contribution in [2.75, 3.05) is 13.1 Å². The van der Waals surface area contributed by atoms with Crippen LogP contribution in [0.3, 0.4) is 0 Å². The van der Waals surface area contributed by atoms with Crippen LogP contribution in [0.4, 0.5) is 4.39 Å². The molecule has 138 valence electrons. The third-order valence-corrected chi connectivity index (χ3v) is 4.68. The van der Waals surface area contributed by atoms with E-state index in [2.05, 4.69) is 10.3 Å². The van der Waals surface area contributed by atoms with Gasteiger partial charge in [-0.25, -0.2) is 4.39 Å². The Morgan fingerprint density at radius 3 is 2.96 bits per heavy atom. The summed E-state index contributed by atoms with van der Waals surface area (Å²) in [5.74, 6) is -0.889. The Morgan fingerprint density at radius 2 is 2.15 bits per heavy atom. The van der Waals surface area contributed by atoms with Gasteiger partial charge in [-0.1, -0.05) is 0 Å². The van der Waals surface area contributed by atoms with Gasteiger partial charge in [0.25, 0.3) is 5.91 Å². The number of aromatic nitrogens is 1. The molecule has 2 amide bonds. The van der Waals surface area contributed by atoms with Gasteiger partial charge in [0, 0.05) is 48.8 Å². The molecule has 1 saturated heterocycles. The van der Waals surface area contributed by atoms with E-state index in [9.17, 15) is 14.0 Å². The van der Waals surface area contributed by atoms with Gasteiger partial charge in [0.05, 0.1) is 12.0 Å². The van der Waals surface area contributed by atoms with Gasteiger partial charge in [0.1, 0.15) is 11.4 Å². The van der Waals surface area contributed by atoms with Crippen LogP contribution in [0.5, 0.6) is 0 Å². The molecule has 0 bridgehead atoms. The molecule has 1 aliphatic rings. The highest BCUT2D eigenvalue weighted by Gasteiger charge is 2.28. The summed E-state index contributed by atoms with van der Waals surface area (Å²) < 4.78 is 19.6. The monoisotopic (exact) mass is 367 g/mol. The predicted octanol–water partition coefficient (Wildman–Crippen LogP) is 2.98. The second-order valence-electron chi connectivity index (χ2n) is 6.66. The fourth-order valence-electron chi connectivity index (χ4n) is 3.51. The standard InChI is InChI=1S/C20H18FN3O3/c1-12(25)23-16-3-6-24(11-16)20(26)14-8-13(9-15(21)10-14)19-17-4-7-27-18(17)2-5-22-19/h2,4-5,7-10,16H,3,6,11H2,1H3,(H,23,25). The molecule has 3 aromatic rings. The predicted molar refractivity (Wildman–Crippen MR) is 97.5 cm³/mol. The molecule has 1 aliphatic heterocycles. The van der Waals surface area contributed by atoms with Gasteiger partial charge in [0.15, 0.2) is 0 Å². The van der Waals surface area contributed by atoms with Crippen molar-refractivity contribution in [2.24, 2.45) is 0 Å². The third-order valence-electron chi connectivity index (χ3n) is 4.68. The van der Waals surface area contributed by atoms with Crippen LogP contribution >= 0.6 is 0 Å². The quantitative estimate of drug-likeness (QED) is 0.772. The molecule has 0 spiro atoms. The first-order chi connectivity index (χ1) is 13.0. The summed E-state index contributed by atoms with van der Waals surface area (Å²) in [6.45, 7) is 2.39. The van der Waals surface area contributed by atoms with Crippen molar-refractivity contribution in [3.05, 3.63) is 54.2 Å².